The Kier molecular flexibility index (Phi) is 8.26. The van der Waals surface area contributed by atoms with Gasteiger partial charge in [0, 0.05) is 6.54 Å². The smallest absolute Gasteiger partial charge is 0.328 e. The first kappa shape index (κ1) is 19.4. The monoisotopic (exact) mass is 340 g/mol. The second-order valence-electron chi connectivity index (χ2n) is 4.88. The molecule has 0 spiro atoms. The third kappa shape index (κ3) is 6.65. The summed E-state index contributed by atoms with van der Waals surface area (Å²) in [6, 6.07) is -0.809. The molecule has 0 aliphatic heterocycles. The molecule has 1 aromatic rings. The Hall–Kier alpha value is -2.62. The van der Waals surface area contributed by atoms with Crippen LogP contribution in [0.2, 0.25) is 0 Å². The molecule has 10 heteroatoms. The zero-order chi connectivity index (χ0) is 17.9. The molecule has 0 saturated heterocycles. The molecule has 6 N–H and O–H groups in total. The first-order valence-electron chi connectivity index (χ1n) is 7.59. The fraction of sp³-hybridized carbons (Fsp3) is 0.571. The van der Waals surface area contributed by atoms with Gasteiger partial charge in [-0.1, -0.05) is 0 Å². The van der Waals surface area contributed by atoms with Crippen molar-refractivity contribution in [3.05, 3.63) is 17.8 Å². The lowest BCUT2D eigenvalue weighted by atomic mass is 10.1. The van der Waals surface area contributed by atoms with Crippen molar-refractivity contribution in [3.8, 4) is 0 Å². The summed E-state index contributed by atoms with van der Waals surface area (Å²) in [5.74, 6) is -0.676. The van der Waals surface area contributed by atoms with E-state index in [2.05, 4.69) is 20.6 Å². The standard InChI is InChI=1S/C14H24N6O4/c1-3-23-13(22)9(5-4-6-18-14(15)16)20-12(21)10-8-24-11(19-10)7-17-2/h8-9,17H,3-7H2,1-2H3,(H,20,21)(H4,15,16,18). The van der Waals surface area contributed by atoms with Crippen molar-refractivity contribution in [3.63, 3.8) is 0 Å². The molecule has 0 aliphatic carbocycles. The number of nitrogens with zero attached hydrogens (tertiary/aromatic N) is 2. The van der Waals surface area contributed by atoms with Crippen molar-refractivity contribution in [1.29, 1.82) is 0 Å². The van der Waals surface area contributed by atoms with Gasteiger partial charge in [-0.3, -0.25) is 9.79 Å². The minimum Gasteiger partial charge on any atom is -0.464 e. The zero-order valence-corrected chi connectivity index (χ0v) is 13.9. The third-order valence-corrected chi connectivity index (χ3v) is 2.93. The van der Waals surface area contributed by atoms with E-state index in [1.807, 2.05) is 0 Å². The molecule has 0 radical (unpaired) electrons. The molecule has 1 aromatic heterocycles. The highest BCUT2D eigenvalue weighted by molar-refractivity contribution is 5.94. The van der Waals surface area contributed by atoms with Gasteiger partial charge in [0.25, 0.3) is 5.91 Å². The summed E-state index contributed by atoms with van der Waals surface area (Å²) in [5.41, 5.74) is 10.6. The molecule has 10 nitrogen and oxygen atoms in total. The fourth-order valence-corrected chi connectivity index (χ4v) is 1.88. The van der Waals surface area contributed by atoms with Crippen LogP contribution in [0.5, 0.6) is 0 Å². The van der Waals surface area contributed by atoms with Crippen LogP contribution >= 0.6 is 0 Å². The largest absolute Gasteiger partial charge is 0.464 e. The van der Waals surface area contributed by atoms with E-state index in [1.165, 1.54) is 6.26 Å². The maximum atomic E-state index is 12.2. The number of aromatic nitrogens is 1. The van der Waals surface area contributed by atoms with Gasteiger partial charge in [0.1, 0.15) is 12.3 Å². The van der Waals surface area contributed by atoms with Gasteiger partial charge in [0.15, 0.2) is 11.7 Å². The topological polar surface area (TPSA) is 158 Å². The van der Waals surface area contributed by atoms with Crippen LogP contribution in [0.1, 0.15) is 36.1 Å². The van der Waals surface area contributed by atoms with E-state index in [1.54, 1.807) is 14.0 Å². The molecule has 1 amide bonds. The molecule has 0 saturated carbocycles. The van der Waals surface area contributed by atoms with Gasteiger partial charge in [0.05, 0.1) is 13.2 Å². The van der Waals surface area contributed by atoms with E-state index in [0.717, 1.165) is 0 Å². The van der Waals surface area contributed by atoms with Crippen LogP contribution in [0.3, 0.4) is 0 Å². The summed E-state index contributed by atoms with van der Waals surface area (Å²) in [4.78, 5) is 32.0. The third-order valence-electron chi connectivity index (χ3n) is 2.93. The molecule has 0 aromatic carbocycles. The number of carbonyl (C=O) groups is 2. The highest BCUT2D eigenvalue weighted by atomic mass is 16.5. The van der Waals surface area contributed by atoms with Crippen molar-refractivity contribution < 1.29 is 18.7 Å². The number of aliphatic imine (C=N–C) groups is 1. The second kappa shape index (κ2) is 10.2. The first-order valence-corrected chi connectivity index (χ1v) is 7.59. The number of nitrogens with two attached hydrogens (primary N) is 2. The van der Waals surface area contributed by atoms with E-state index in [0.29, 0.717) is 31.8 Å². The van der Waals surface area contributed by atoms with Crippen molar-refractivity contribution >= 4 is 17.8 Å². The molecule has 1 unspecified atom stereocenters. The van der Waals surface area contributed by atoms with Gasteiger partial charge in [-0.05, 0) is 26.8 Å². The lowest BCUT2D eigenvalue weighted by Crippen LogP contribution is -2.42. The summed E-state index contributed by atoms with van der Waals surface area (Å²) >= 11 is 0. The molecular formula is C14H24N6O4. The Labute approximate surface area is 140 Å². The zero-order valence-electron chi connectivity index (χ0n) is 13.9. The van der Waals surface area contributed by atoms with Crippen LogP contribution in [0.15, 0.2) is 15.7 Å². The number of hydrogen-bond donors (Lipinski definition) is 4. The molecule has 0 aliphatic rings. The molecule has 1 rings (SSSR count). The van der Waals surface area contributed by atoms with E-state index < -0.39 is 17.9 Å². The van der Waals surface area contributed by atoms with E-state index in [4.69, 9.17) is 20.6 Å². The first-order chi connectivity index (χ1) is 11.5. The molecule has 0 bridgehead atoms. The minimum atomic E-state index is -0.809. The van der Waals surface area contributed by atoms with E-state index >= 15 is 0 Å². The van der Waals surface area contributed by atoms with Crippen LogP contribution in [0.4, 0.5) is 0 Å². The lowest BCUT2D eigenvalue weighted by molar-refractivity contribution is -0.145. The Morgan fingerprint density at radius 2 is 2.21 bits per heavy atom. The van der Waals surface area contributed by atoms with Crippen LogP contribution < -0.4 is 22.1 Å². The van der Waals surface area contributed by atoms with Gasteiger partial charge in [-0.25, -0.2) is 9.78 Å². The number of ether oxygens (including phenoxy) is 1. The van der Waals surface area contributed by atoms with Gasteiger partial charge in [-0.15, -0.1) is 0 Å². The van der Waals surface area contributed by atoms with E-state index in [-0.39, 0.29) is 18.3 Å². The molecule has 134 valence electrons. The van der Waals surface area contributed by atoms with Crippen LogP contribution in [0, 0.1) is 0 Å². The Morgan fingerprint density at radius 1 is 1.46 bits per heavy atom. The average Bonchev–Trinajstić information content (AvgIpc) is 2.99. The van der Waals surface area contributed by atoms with Gasteiger partial charge in [0.2, 0.25) is 5.89 Å². The number of nitrogens with one attached hydrogen (secondary N) is 2. The lowest BCUT2D eigenvalue weighted by Gasteiger charge is -2.16. The van der Waals surface area contributed by atoms with Crippen molar-refractivity contribution in [2.24, 2.45) is 16.5 Å². The number of esters is 1. The van der Waals surface area contributed by atoms with E-state index in [9.17, 15) is 9.59 Å². The molecule has 1 heterocycles. The maximum Gasteiger partial charge on any atom is 0.328 e. The Bertz CT molecular complexity index is 567. The maximum absolute atomic E-state index is 12.2. The number of amides is 1. The van der Waals surface area contributed by atoms with Crippen LogP contribution in [-0.4, -0.2) is 49.1 Å². The summed E-state index contributed by atoms with van der Waals surface area (Å²) in [5, 5.41) is 5.45. The quantitative estimate of drug-likeness (QED) is 0.185. The summed E-state index contributed by atoms with van der Waals surface area (Å²) in [7, 11) is 1.73. The average molecular weight is 340 g/mol. The number of guanidine groups is 1. The molecule has 1 atom stereocenters. The predicted octanol–water partition coefficient (Wildman–Crippen LogP) is -0.891. The number of rotatable bonds is 10. The Balaban J connectivity index is 2.66. The predicted molar refractivity (Wildman–Crippen MR) is 87.1 cm³/mol. The summed E-state index contributed by atoms with van der Waals surface area (Å²) in [6.45, 7) is 2.66. The van der Waals surface area contributed by atoms with Gasteiger partial charge >= 0.3 is 5.97 Å². The normalized spacial score (nSPS) is 11.6. The minimum absolute atomic E-state index is 0.0219. The van der Waals surface area contributed by atoms with Crippen molar-refractivity contribution in [1.82, 2.24) is 15.6 Å². The van der Waals surface area contributed by atoms with Gasteiger partial charge in [-0.2, -0.15) is 0 Å². The molecule has 24 heavy (non-hydrogen) atoms. The number of oxazole rings is 1. The van der Waals surface area contributed by atoms with Crippen molar-refractivity contribution in [2.45, 2.75) is 32.4 Å². The van der Waals surface area contributed by atoms with Crippen LogP contribution in [0.25, 0.3) is 0 Å². The van der Waals surface area contributed by atoms with Crippen molar-refractivity contribution in [2.75, 3.05) is 20.2 Å². The summed E-state index contributed by atoms with van der Waals surface area (Å²) in [6.07, 6.45) is 2.08. The molecular weight excluding hydrogens is 316 g/mol. The summed E-state index contributed by atoms with van der Waals surface area (Å²) < 4.78 is 10.1. The molecule has 0 fully saturated rings. The highest BCUT2D eigenvalue weighted by Crippen LogP contribution is 2.06. The SMILES string of the molecule is CCOC(=O)C(CCCN=C(N)N)NC(=O)c1coc(CNC)n1. The van der Waals surface area contributed by atoms with Crippen LogP contribution in [-0.2, 0) is 16.1 Å². The Morgan fingerprint density at radius 3 is 2.83 bits per heavy atom. The number of carbonyl (C=O) groups excluding carboxylic acids is 2. The number of hydrogen-bond acceptors (Lipinski definition) is 7. The highest BCUT2D eigenvalue weighted by Gasteiger charge is 2.23. The second-order valence-corrected chi connectivity index (χ2v) is 4.88. The van der Waals surface area contributed by atoms with Gasteiger partial charge < -0.3 is 31.3 Å². The fourth-order valence-electron chi connectivity index (χ4n) is 1.88.